The number of rotatable bonds is 31. The third kappa shape index (κ3) is 17.3. The minimum atomic E-state index is -1.84. The first-order chi connectivity index (χ1) is 42.2. The van der Waals surface area contributed by atoms with Crippen molar-refractivity contribution in [3.63, 3.8) is 0 Å². The molecule has 5 aromatic carbocycles. The number of carboxylic acids is 2. The van der Waals surface area contributed by atoms with E-state index in [-0.39, 0.29) is 86.4 Å². The fourth-order valence-corrected chi connectivity index (χ4v) is 11.2. The van der Waals surface area contributed by atoms with Gasteiger partial charge in [-0.05, 0) is 106 Å². The normalized spacial score (nSPS) is 17.4. The zero-order valence-corrected chi connectivity index (χ0v) is 50.2. The number of amides is 4. The number of hydrogen-bond acceptors (Lipinski definition) is 16. The van der Waals surface area contributed by atoms with Crippen molar-refractivity contribution < 1.29 is 68.3 Å². The molecule has 0 aliphatic heterocycles. The lowest BCUT2D eigenvalue weighted by molar-refractivity contribution is -0.921. The van der Waals surface area contributed by atoms with Crippen molar-refractivity contribution in [1.29, 1.82) is 0 Å². The summed E-state index contributed by atoms with van der Waals surface area (Å²) in [5.41, 5.74) is 8.73. The molecule has 9 N–H and O–H groups in total. The van der Waals surface area contributed by atoms with Gasteiger partial charge in [-0.15, -0.1) is 0 Å². The number of aliphatic hydroxyl groups is 3. The number of para-hydroxylation sites is 4. The molecule has 23 nitrogen and oxygen atoms in total. The summed E-state index contributed by atoms with van der Waals surface area (Å²) in [6.45, 7) is 7.46. The topological polar surface area (TPSA) is 333 Å². The number of aliphatic hydroxyl groups excluding tert-OH is 3. The number of hydrogen-bond donors (Lipinski definition) is 9. The van der Waals surface area contributed by atoms with E-state index < -0.39 is 48.2 Å². The molecule has 0 saturated heterocycles. The maximum atomic E-state index is 14.1. The lowest BCUT2D eigenvalue weighted by atomic mass is 9.80. The molecule has 1 aliphatic rings. The number of aromatic nitrogens is 4. The maximum absolute atomic E-state index is 14.1. The highest BCUT2D eigenvalue weighted by atomic mass is 16.5. The second-order valence-corrected chi connectivity index (χ2v) is 23.2. The van der Waals surface area contributed by atoms with E-state index >= 15 is 0 Å². The summed E-state index contributed by atoms with van der Waals surface area (Å²) in [5.74, 6) is -5.26. The number of aliphatic carboxylic acids is 2. The van der Waals surface area contributed by atoms with Gasteiger partial charge in [-0.1, -0.05) is 42.8 Å². The van der Waals surface area contributed by atoms with Gasteiger partial charge in [0.2, 0.25) is 11.8 Å². The maximum Gasteiger partial charge on any atom is 0.309 e. The fourth-order valence-electron chi connectivity index (χ4n) is 11.2. The lowest BCUT2D eigenvalue weighted by Gasteiger charge is -2.39. The highest BCUT2D eigenvalue weighted by Gasteiger charge is 2.47. The van der Waals surface area contributed by atoms with Crippen molar-refractivity contribution in [3.8, 4) is 5.75 Å². The van der Waals surface area contributed by atoms with Crippen LogP contribution in [0, 0.1) is 19.8 Å². The summed E-state index contributed by atoms with van der Waals surface area (Å²) < 4.78 is 6.61. The molecule has 4 amide bonds. The number of unbranched alkanes of at least 4 members (excludes halogenated alkanes) is 2. The zero-order valence-electron chi connectivity index (χ0n) is 50.2. The monoisotopic (exact) mass is 1210 g/mol. The van der Waals surface area contributed by atoms with Crippen LogP contribution in [0.25, 0.3) is 44.1 Å². The van der Waals surface area contributed by atoms with Gasteiger partial charge in [-0.2, -0.15) is 0 Å². The van der Waals surface area contributed by atoms with E-state index in [1.807, 2.05) is 69.4 Å². The number of carbonyl (C=O) groups is 7. The number of anilines is 1. The standard InChI is InChI=1S/C65H78N10O13/c1-39-14-8-20-46-56(39)72-58-43(18-11-22-48(58)69-46)63(84)67-30-33-74(3)32-13-34-75(4,35-31-68-64(85)44-19-12-23-49-59(44)73-57-40(2)15-9-21-47(57)70-49)38-41-25-26-51(88-52-37-45(65(86)87)60(81)62(83)61(52)82)50(36-41)71-54(78)24-10-17-42(76)16-6-5-7-29-66-53(77)27-28-55(79)80/h8-9,11-12,14-15,18-23,25-26,36,45,52,60-62,81-83H,5-7,10,13,16-17,24,27-35,37-38H2,1-4H3,(H5-,66,67,68,71,77,78,79,80,84,85,86,87)/p+1/t45-,52+,60+,61-,62-,75?/m0/s1. The van der Waals surface area contributed by atoms with Gasteiger partial charge in [0.15, 0.2) is 0 Å². The Bertz CT molecular complexity index is 3700. The largest absolute Gasteiger partial charge is 0.485 e. The molecule has 0 bridgehead atoms. The molecule has 0 radical (unpaired) electrons. The molecule has 1 unspecified atom stereocenters. The smallest absolute Gasteiger partial charge is 0.309 e. The van der Waals surface area contributed by atoms with E-state index in [4.69, 9.17) is 29.8 Å². The average molecular weight is 1210 g/mol. The van der Waals surface area contributed by atoms with Gasteiger partial charge in [-0.25, -0.2) is 19.9 Å². The summed E-state index contributed by atoms with van der Waals surface area (Å²) in [5, 5.41) is 62.7. The van der Waals surface area contributed by atoms with Crippen LogP contribution in [0.2, 0.25) is 0 Å². The van der Waals surface area contributed by atoms with Crippen molar-refractivity contribution in [2.75, 3.05) is 65.2 Å². The molecule has 6 atom stereocenters. The second kappa shape index (κ2) is 30.3. The zero-order chi connectivity index (χ0) is 63.1. The van der Waals surface area contributed by atoms with Crippen molar-refractivity contribution in [3.05, 3.63) is 119 Å². The van der Waals surface area contributed by atoms with Gasteiger partial charge in [0, 0.05) is 70.3 Å². The number of carboxylic acid groups (broad SMARTS) is 2. The summed E-state index contributed by atoms with van der Waals surface area (Å²) >= 11 is 0. The molecule has 1 aliphatic carbocycles. The number of Topliss-reactive ketones (excluding diaryl/α,β-unsaturated/α-hetero) is 1. The molecule has 23 heteroatoms. The Kier molecular flexibility index (Phi) is 22.5. The summed E-state index contributed by atoms with van der Waals surface area (Å²) in [7, 11) is 4.03. The first kappa shape index (κ1) is 65.4. The number of nitrogens with one attached hydrogen (secondary N) is 4. The predicted molar refractivity (Wildman–Crippen MR) is 330 cm³/mol. The number of ether oxygens (including phenoxy) is 1. The Morgan fingerprint density at radius 1 is 0.580 bits per heavy atom. The molecule has 1 saturated carbocycles. The lowest BCUT2D eigenvalue weighted by Crippen LogP contribution is -2.57. The molecule has 8 rings (SSSR count). The Hall–Kier alpha value is -8.61. The molecule has 2 aromatic heterocycles. The third-order valence-electron chi connectivity index (χ3n) is 16.2. The van der Waals surface area contributed by atoms with Gasteiger partial charge in [0.1, 0.15) is 47.4 Å². The van der Waals surface area contributed by atoms with Crippen LogP contribution in [-0.2, 0) is 30.5 Å². The van der Waals surface area contributed by atoms with Crippen LogP contribution in [0.3, 0.4) is 0 Å². The summed E-state index contributed by atoms with van der Waals surface area (Å²) in [6.07, 6.45) is -4.15. The van der Waals surface area contributed by atoms with Crippen molar-refractivity contribution in [1.82, 2.24) is 40.8 Å². The Balaban J connectivity index is 0.954. The molecular formula is C65H79N10O13+. The van der Waals surface area contributed by atoms with Gasteiger partial charge < -0.3 is 60.9 Å². The molecule has 2 heterocycles. The summed E-state index contributed by atoms with van der Waals surface area (Å²) in [6, 6.07) is 27.3. The Labute approximate surface area is 509 Å². The number of nitrogens with zero attached hydrogens (tertiary/aromatic N) is 6. The minimum Gasteiger partial charge on any atom is -0.485 e. The SMILES string of the molecule is Cc1cccc2nc3cccc(C(=O)NCCN(C)CCC[N+](C)(CCNC(=O)c4cccc5nc6cccc(C)c6nc45)Cc4ccc(O[C@@H]5C[C@H](C(=O)O)[C@@H](O)[C@H](O)[C@H]5O)c(NC(=O)CCCC(=O)CCCCCNC(=O)CCC(=O)O)c4)c3nc12. The van der Waals surface area contributed by atoms with Crippen LogP contribution in [0.15, 0.2) is 91.0 Å². The van der Waals surface area contributed by atoms with Crippen LogP contribution in [0.5, 0.6) is 5.75 Å². The van der Waals surface area contributed by atoms with E-state index in [1.54, 1.807) is 42.5 Å². The average Bonchev–Trinajstić information content (AvgIpc) is 2.44. The van der Waals surface area contributed by atoms with Gasteiger partial charge in [0.05, 0.1) is 95.0 Å². The van der Waals surface area contributed by atoms with Crippen LogP contribution in [0.4, 0.5) is 5.69 Å². The van der Waals surface area contributed by atoms with Gasteiger partial charge in [0.25, 0.3) is 11.8 Å². The van der Waals surface area contributed by atoms with E-state index in [0.29, 0.717) is 115 Å². The number of benzene rings is 5. The number of ketones is 1. The third-order valence-corrected chi connectivity index (χ3v) is 16.2. The number of fused-ring (bicyclic) bond motifs is 4. The van der Waals surface area contributed by atoms with Gasteiger partial charge in [-0.3, -0.25) is 33.6 Å². The highest BCUT2D eigenvalue weighted by molar-refractivity contribution is 6.07. The Morgan fingerprint density at radius 2 is 1.17 bits per heavy atom. The fraction of sp³-hybridized carbons (Fsp3) is 0.431. The summed E-state index contributed by atoms with van der Waals surface area (Å²) in [4.78, 5) is 110. The molecule has 0 spiro atoms. The number of quaternary nitrogens is 1. The van der Waals surface area contributed by atoms with Crippen molar-refractivity contribution in [2.45, 2.75) is 115 Å². The number of aryl methyl sites for hydroxylation is 2. The molecule has 1 fully saturated rings. The van der Waals surface area contributed by atoms with Crippen molar-refractivity contribution >= 4 is 91.2 Å². The predicted octanol–water partition coefficient (Wildman–Crippen LogP) is 5.78. The van der Waals surface area contributed by atoms with Crippen LogP contribution >= 0.6 is 0 Å². The van der Waals surface area contributed by atoms with Gasteiger partial charge >= 0.3 is 11.9 Å². The van der Waals surface area contributed by atoms with Crippen LogP contribution < -0.4 is 26.0 Å². The molecule has 7 aromatic rings. The quantitative estimate of drug-likeness (QED) is 0.0141. The number of carbonyl (C=O) groups excluding carboxylic acids is 5. The number of likely N-dealkylation sites (N-methyl/N-ethyl adjacent to an activating group) is 2. The molecule has 466 valence electrons. The first-order valence-electron chi connectivity index (χ1n) is 29.9. The van der Waals surface area contributed by atoms with E-state index in [9.17, 15) is 54.0 Å². The first-order valence-corrected chi connectivity index (χ1v) is 29.9. The Morgan fingerprint density at radius 3 is 1.78 bits per heavy atom. The highest BCUT2D eigenvalue weighted by Crippen LogP contribution is 2.35. The van der Waals surface area contributed by atoms with E-state index in [0.717, 1.165) is 33.2 Å². The van der Waals surface area contributed by atoms with Crippen LogP contribution in [0.1, 0.15) is 108 Å². The van der Waals surface area contributed by atoms with Crippen molar-refractivity contribution in [2.24, 2.45) is 5.92 Å². The van der Waals surface area contributed by atoms with E-state index in [1.165, 1.54) is 0 Å². The molecular weight excluding hydrogens is 1130 g/mol. The van der Waals surface area contributed by atoms with Crippen LogP contribution in [-0.4, -0.2) is 181 Å². The molecule has 88 heavy (non-hydrogen) atoms. The minimum absolute atomic E-state index is 0.0401. The van der Waals surface area contributed by atoms with E-state index in [2.05, 4.69) is 33.2 Å². The second-order valence-electron chi connectivity index (χ2n) is 23.2.